The molecule has 1 rings (SSSR count). The lowest BCUT2D eigenvalue weighted by atomic mass is 9.82. The Morgan fingerprint density at radius 3 is 2.18 bits per heavy atom. The van der Waals surface area contributed by atoms with Crippen molar-refractivity contribution in [2.45, 2.75) is 27.7 Å². The largest absolute Gasteiger partial charge is 0.289 e. The van der Waals surface area contributed by atoms with Crippen molar-refractivity contribution in [3.63, 3.8) is 0 Å². The summed E-state index contributed by atoms with van der Waals surface area (Å²) in [6.07, 6.45) is 0. The van der Waals surface area contributed by atoms with Crippen molar-refractivity contribution in [1.29, 1.82) is 0 Å². The van der Waals surface area contributed by atoms with Crippen LogP contribution in [0.1, 0.15) is 27.7 Å². The lowest BCUT2D eigenvalue weighted by Crippen LogP contribution is -2.24. The van der Waals surface area contributed by atoms with Gasteiger partial charge in [0, 0.05) is 17.0 Å². The van der Waals surface area contributed by atoms with Crippen LogP contribution in [0.5, 0.6) is 0 Å². The molecule has 0 saturated heterocycles. The summed E-state index contributed by atoms with van der Waals surface area (Å²) in [7, 11) is 0. The first kappa shape index (κ1) is 8.51. The molecule has 1 aliphatic rings. The fraction of sp³-hybridized carbons (Fsp3) is 0.700. The van der Waals surface area contributed by atoms with Gasteiger partial charge in [0.1, 0.15) is 0 Å². The predicted octanol–water partition coefficient (Wildman–Crippen LogP) is 2.68. The van der Waals surface area contributed by atoms with Gasteiger partial charge in [0.25, 0.3) is 0 Å². The second-order valence-electron chi connectivity index (χ2n) is 4.33. The van der Waals surface area contributed by atoms with E-state index in [1.54, 1.807) is 0 Å². The molecule has 0 fully saturated rings. The average molecular weight is 151 g/mol. The molecule has 0 saturated carbocycles. The molecule has 0 spiro atoms. The van der Waals surface area contributed by atoms with Crippen molar-refractivity contribution in [3.8, 4) is 0 Å². The molecule has 1 heterocycles. The molecule has 0 radical (unpaired) electrons. The van der Waals surface area contributed by atoms with E-state index >= 15 is 0 Å². The van der Waals surface area contributed by atoms with Crippen molar-refractivity contribution < 1.29 is 0 Å². The third-order valence-corrected chi connectivity index (χ3v) is 2.24. The van der Waals surface area contributed by atoms with Gasteiger partial charge in [-0.15, -0.1) is 0 Å². The van der Waals surface area contributed by atoms with Crippen LogP contribution in [0.4, 0.5) is 0 Å². The van der Waals surface area contributed by atoms with E-state index in [0.29, 0.717) is 5.92 Å². The molecule has 1 nitrogen and oxygen atoms in total. The van der Waals surface area contributed by atoms with Crippen LogP contribution < -0.4 is 0 Å². The first-order valence-electron chi connectivity index (χ1n) is 4.15. The number of hydrogen-bond donors (Lipinski definition) is 0. The zero-order valence-corrected chi connectivity index (χ0v) is 7.94. The van der Waals surface area contributed by atoms with Gasteiger partial charge in [-0.1, -0.05) is 34.3 Å². The molecule has 1 aliphatic heterocycles. The molecule has 1 unspecified atom stereocenters. The van der Waals surface area contributed by atoms with E-state index in [2.05, 4.69) is 39.3 Å². The van der Waals surface area contributed by atoms with Gasteiger partial charge >= 0.3 is 0 Å². The highest BCUT2D eigenvalue weighted by Crippen LogP contribution is 2.29. The van der Waals surface area contributed by atoms with Crippen LogP contribution in [0.15, 0.2) is 17.1 Å². The first-order chi connectivity index (χ1) is 4.93. The maximum absolute atomic E-state index is 4.49. The Balaban J connectivity index is 2.84. The molecule has 11 heavy (non-hydrogen) atoms. The number of rotatable bonds is 0. The summed E-state index contributed by atoms with van der Waals surface area (Å²) in [4.78, 5) is 4.49. The number of hydrogen-bond acceptors (Lipinski definition) is 1. The summed E-state index contributed by atoms with van der Waals surface area (Å²) in [6.45, 7) is 13.6. The molecule has 0 aromatic heterocycles. The van der Waals surface area contributed by atoms with Gasteiger partial charge in [-0.3, -0.25) is 4.99 Å². The van der Waals surface area contributed by atoms with E-state index in [0.717, 1.165) is 6.54 Å². The van der Waals surface area contributed by atoms with Crippen molar-refractivity contribution >= 4 is 5.71 Å². The van der Waals surface area contributed by atoms with E-state index in [-0.39, 0.29) is 5.41 Å². The maximum Gasteiger partial charge on any atom is 0.0603 e. The van der Waals surface area contributed by atoms with Crippen LogP contribution in [-0.4, -0.2) is 12.3 Å². The van der Waals surface area contributed by atoms with Crippen LogP contribution in [0.2, 0.25) is 0 Å². The smallest absolute Gasteiger partial charge is 0.0603 e. The van der Waals surface area contributed by atoms with E-state index in [1.165, 1.54) is 11.3 Å². The van der Waals surface area contributed by atoms with Gasteiger partial charge in [0.15, 0.2) is 0 Å². The number of aliphatic imine (C=N–C) groups is 1. The monoisotopic (exact) mass is 151 g/mol. The molecule has 0 N–H and O–H groups in total. The van der Waals surface area contributed by atoms with Crippen LogP contribution in [0.3, 0.4) is 0 Å². The minimum absolute atomic E-state index is 0.221. The Hall–Kier alpha value is -0.590. The third-order valence-electron chi connectivity index (χ3n) is 2.24. The quantitative estimate of drug-likeness (QED) is 0.472. The Bertz CT molecular complexity index is 205. The molecule has 0 amide bonds. The summed E-state index contributed by atoms with van der Waals surface area (Å²) < 4.78 is 0. The lowest BCUT2D eigenvalue weighted by molar-refractivity contribution is 0.568. The van der Waals surface area contributed by atoms with Crippen molar-refractivity contribution in [3.05, 3.63) is 12.2 Å². The standard InChI is InChI=1S/C10H17N/c1-7-6-11-9(8(7)2)10(3,4)5/h8H,1,6H2,2-5H3. The van der Waals surface area contributed by atoms with E-state index in [9.17, 15) is 0 Å². The molecule has 62 valence electrons. The fourth-order valence-corrected chi connectivity index (χ4v) is 1.54. The van der Waals surface area contributed by atoms with Crippen molar-refractivity contribution in [1.82, 2.24) is 0 Å². The van der Waals surface area contributed by atoms with Gasteiger partial charge in [-0.2, -0.15) is 0 Å². The summed E-state index contributed by atoms with van der Waals surface area (Å²) in [5, 5.41) is 0. The lowest BCUT2D eigenvalue weighted by Gasteiger charge is -2.22. The second kappa shape index (κ2) is 2.47. The van der Waals surface area contributed by atoms with E-state index in [1.807, 2.05) is 0 Å². The molecular weight excluding hydrogens is 134 g/mol. The van der Waals surface area contributed by atoms with Gasteiger partial charge < -0.3 is 0 Å². The Kier molecular flexibility index (Phi) is 1.91. The average Bonchev–Trinajstić information content (AvgIpc) is 2.11. The molecule has 1 atom stereocenters. The zero-order chi connectivity index (χ0) is 8.65. The Morgan fingerprint density at radius 1 is 1.45 bits per heavy atom. The Labute approximate surface area is 69.2 Å². The van der Waals surface area contributed by atoms with Gasteiger partial charge in [-0.25, -0.2) is 0 Å². The summed E-state index contributed by atoms with van der Waals surface area (Å²) in [5.41, 5.74) is 2.79. The van der Waals surface area contributed by atoms with E-state index < -0.39 is 0 Å². The minimum atomic E-state index is 0.221. The molecular formula is C10H17N. The molecule has 0 aromatic rings. The summed E-state index contributed by atoms with van der Waals surface area (Å²) >= 11 is 0. The van der Waals surface area contributed by atoms with Crippen LogP contribution in [-0.2, 0) is 0 Å². The topological polar surface area (TPSA) is 12.4 Å². The summed E-state index contributed by atoms with van der Waals surface area (Å²) in [5.74, 6) is 0.495. The van der Waals surface area contributed by atoms with Crippen LogP contribution >= 0.6 is 0 Å². The molecule has 0 aromatic carbocycles. The summed E-state index contributed by atoms with van der Waals surface area (Å²) in [6, 6.07) is 0. The van der Waals surface area contributed by atoms with E-state index in [4.69, 9.17) is 0 Å². The highest BCUT2D eigenvalue weighted by atomic mass is 14.8. The van der Waals surface area contributed by atoms with Crippen LogP contribution in [0, 0.1) is 11.3 Å². The molecule has 0 aliphatic carbocycles. The predicted molar refractivity (Wildman–Crippen MR) is 50.1 cm³/mol. The van der Waals surface area contributed by atoms with Crippen molar-refractivity contribution in [2.24, 2.45) is 16.3 Å². The van der Waals surface area contributed by atoms with Gasteiger partial charge in [0.05, 0.1) is 6.54 Å². The van der Waals surface area contributed by atoms with Gasteiger partial charge in [-0.05, 0) is 5.57 Å². The first-order valence-corrected chi connectivity index (χ1v) is 4.15. The minimum Gasteiger partial charge on any atom is -0.289 e. The normalized spacial score (nSPS) is 25.6. The molecule has 0 bridgehead atoms. The SMILES string of the molecule is C=C1CN=C(C(C)(C)C)C1C. The highest BCUT2D eigenvalue weighted by molar-refractivity contribution is 5.95. The third kappa shape index (κ3) is 1.52. The zero-order valence-electron chi connectivity index (χ0n) is 7.94. The molecule has 1 heteroatoms. The fourth-order valence-electron chi connectivity index (χ4n) is 1.54. The highest BCUT2D eigenvalue weighted by Gasteiger charge is 2.29. The van der Waals surface area contributed by atoms with Crippen molar-refractivity contribution in [2.75, 3.05) is 6.54 Å². The van der Waals surface area contributed by atoms with Gasteiger partial charge in [0.2, 0.25) is 0 Å². The second-order valence-corrected chi connectivity index (χ2v) is 4.33. The maximum atomic E-state index is 4.49. The number of nitrogens with zero attached hydrogens (tertiary/aromatic N) is 1. The Morgan fingerprint density at radius 2 is 2.00 bits per heavy atom. The van der Waals surface area contributed by atoms with Crippen LogP contribution in [0.25, 0.3) is 0 Å².